The lowest BCUT2D eigenvalue weighted by atomic mass is 10.2. The number of aromatic nitrogens is 5. The molecular formula is C21H22N6O3S. The number of carbonyl (C=O) groups excluding carboxylic acids is 1. The summed E-state index contributed by atoms with van der Waals surface area (Å²) in [6.45, 7) is 3.65. The first kappa shape index (κ1) is 20.7. The van der Waals surface area contributed by atoms with E-state index in [1.165, 1.54) is 16.4 Å². The van der Waals surface area contributed by atoms with Crippen LogP contribution in [-0.4, -0.2) is 35.8 Å². The number of rotatable bonds is 6. The van der Waals surface area contributed by atoms with Crippen LogP contribution >= 0.6 is 11.8 Å². The number of benzene rings is 1. The highest BCUT2D eigenvalue weighted by molar-refractivity contribution is 7.99. The van der Waals surface area contributed by atoms with Gasteiger partial charge < -0.3 is 14.3 Å². The zero-order chi connectivity index (χ0) is 22.1. The summed E-state index contributed by atoms with van der Waals surface area (Å²) in [5, 5.41) is 11.7. The number of thioether (sulfide) groups is 1. The second-order valence-corrected chi connectivity index (χ2v) is 7.97. The molecule has 3 aromatic heterocycles. The van der Waals surface area contributed by atoms with E-state index in [-0.39, 0.29) is 22.9 Å². The summed E-state index contributed by atoms with van der Waals surface area (Å²) in [7, 11) is 3.62. The zero-order valence-corrected chi connectivity index (χ0v) is 18.4. The molecule has 0 bridgehead atoms. The van der Waals surface area contributed by atoms with Gasteiger partial charge in [0.05, 0.1) is 29.0 Å². The largest absolute Gasteiger partial charge is 0.469 e. The molecule has 0 unspecified atom stereocenters. The fraction of sp³-hybridized carbons (Fsp3) is 0.238. The molecule has 0 spiro atoms. The lowest BCUT2D eigenvalue weighted by molar-refractivity contribution is -0.113. The Labute approximate surface area is 182 Å². The standard InChI is InChI=1S/C21H22N6O3S/c1-13-18(20(29)27(26(13)4)15-8-6-5-7-9-15)22-17(28)12-31-21-24-23-19(25(21)3)16-10-11-30-14(16)2/h5-11H,12H2,1-4H3,(H,22,28). The van der Waals surface area contributed by atoms with Crippen molar-refractivity contribution < 1.29 is 9.21 Å². The molecule has 160 valence electrons. The van der Waals surface area contributed by atoms with Gasteiger partial charge in [-0.15, -0.1) is 10.2 Å². The highest BCUT2D eigenvalue weighted by Crippen LogP contribution is 2.26. The summed E-state index contributed by atoms with van der Waals surface area (Å²) < 4.78 is 10.4. The Hall–Kier alpha value is -3.53. The summed E-state index contributed by atoms with van der Waals surface area (Å²) in [6, 6.07) is 11.1. The van der Waals surface area contributed by atoms with Gasteiger partial charge in [0.1, 0.15) is 11.4 Å². The van der Waals surface area contributed by atoms with Crippen LogP contribution in [0.5, 0.6) is 0 Å². The molecule has 1 N–H and O–H groups in total. The summed E-state index contributed by atoms with van der Waals surface area (Å²) in [4.78, 5) is 25.5. The SMILES string of the molecule is Cc1occc1-c1nnc(SCC(=O)Nc2c(C)n(C)n(-c3ccccc3)c2=O)n1C. The molecule has 0 atom stereocenters. The molecule has 0 radical (unpaired) electrons. The van der Waals surface area contributed by atoms with Gasteiger partial charge >= 0.3 is 0 Å². The third kappa shape index (κ3) is 3.81. The number of anilines is 1. The third-order valence-electron chi connectivity index (χ3n) is 5.09. The molecule has 31 heavy (non-hydrogen) atoms. The van der Waals surface area contributed by atoms with E-state index in [1.54, 1.807) is 24.9 Å². The van der Waals surface area contributed by atoms with Gasteiger partial charge in [-0.2, -0.15) is 0 Å². The average molecular weight is 439 g/mol. The Bertz CT molecular complexity index is 1300. The first-order chi connectivity index (χ1) is 14.9. The van der Waals surface area contributed by atoms with Gasteiger partial charge in [0.25, 0.3) is 5.56 Å². The minimum Gasteiger partial charge on any atom is -0.469 e. The maximum Gasteiger partial charge on any atom is 0.295 e. The quantitative estimate of drug-likeness (QED) is 0.465. The molecule has 4 rings (SSSR count). The van der Waals surface area contributed by atoms with Crippen LogP contribution in [0.2, 0.25) is 0 Å². The van der Waals surface area contributed by atoms with Crippen LogP contribution in [-0.2, 0) is 18.9 Å². The lowest BCUT2D eigenvalue weighted by Crippen LogP contribution is -2.23. The van der Waals surface area contributed by atoms with Gasteiger partial charge in [0, 0.05) is 14.1 Å². The Balaban J connectivity index is 1.49. The Morgan fingerprint density at radius 2 is 1.87 bits per heavy atom. The number of hydrogen-bond acceptors (Lipinski definition) is 6. The van der Waals surface area contributed by atoms with Crippen molar-refractivity contribution in [3.63, 3.8) is 0 Å². The van der Waals surface area contributed by atoms with Crippen LogP contribution in [0.15, 0.2) is 57.0 Å². The van der Waals surface area contributed by atoms with E-state index < -0.39 is 0 Å². The number of carbonyl (C=O) groups is 1. The predicted molar refractivity (Wildman–Crippen MR) is 119 cm³/mol. The molecular weight excluding hydrogens is 416 g/mol. The smallest absolute Gasteiger partial charge is 0.295 e. The van der Waals surface area contributed by atoms with E-state index in [0.29, 0.717) is 16.7 Å². The molecule has 1 amide bonds. The third-order valence-corrected chi connectivity index (χ3v) is 6.11. The normalized spacial score (nSPS) is 11.1. The Morgan fingerprint density at radius 3 is 2.55 bits per heavy atom. The van der Waals surface area contributed by atoms with Gasteiger partial charge in [0.2, 0.25) is 5.91 Å². The fourth-order valence-electron chi connectivity index (χ4n) is 3.31. The molecule has 1 aromatic carbocycles. The van der Waals surface area contributed by atoms with Crippen molar-refractivity contribution in [2.24, 2.45) is 14.1 Å². The molecule has 0 saturated heterocycles. The van der Waals surface area contributed by atoms with Gasteiger partial charge in [-0.25, -0.2) is 4.68 Å². The topological polar surface area (TPSA) is 99.9 Å². The van der Waals surface area contributed by atoms with Crippen LogP contribution in [0.3, 0.4) is 0 Å². The Morgan fingerprint density at radius 1 is 1.13 bits per heavy atom. The molecule has 10 heteroatoms. The average Bonchev–Trinajstić information content (AvgIpc) is 3.40. The summed E-state index contributed by atoms with van der Waals surface area (Å²) >= 11 is 1.25. The van der Waals surface area contributed by atoms with E-state index in [4.69, 9.17) is 4.42 Å². The van der Waals surface area contributed by atoms with Crippen LogP contribution in [0, 0.1) is 13.8 Å². The Kier molecular flexibility index (Phi) is 5.55. The highest BCUT2D eigenvalue weighted by atomic mass is 32.2. The van der Waals surface area contributed by atoms with Crippen molar-refractivity contribution in [1.29, 1.82) is 0 Å². The number of hydrogen-bond donors (Lipinski definition) is 1. The maximum atomic E-state index is 12.9. The number of para-hydroxylation sites is 1. The van der Waals surface area contributed by atoms with Gasteiger partial charge in [-0.05, 0) is 32.0 Å². The second-order valence-electron chi connectivity index (χ2n) is 7.03. The van der Waals surface area contributed by atoms with Crippen molar-refractivity contribution in [3.05, 3.63) is 64.5 Å². The van der Waals surface area contributed by atoms with Crippen LogP contribution in [0.25, 0.3) is 17.1 Å². The minimum absolute atomic E-state index is 0.0927. The van der Waals surface area contributed by atoms with Crippen molar-refractivity contribution in [3.8, 4) is 17.1 Å². The monoisotopic (exact) mass is 438 g/mol. The molecule has 0 fully saturated rings. The first-order valence-corrected chi connectivity index (χ1v) is 10.6. The molecule has 0 aliphatic rings. The predicted octanol–water partition coefficient (Wildman–Crippen LogP) is 2.91. The number of nitrogens with zero attached hydrogens (tertiary/aromatic N) is 5. The van der Waals surface area contributed by atoms with Crippen molar-refractivity contribution >= 4 is 23.4 Å². The van der Waals surface area contributed by atoms with E-state index in [2.05, 4.69) is 15.5 Å². The van der Waals surface area contributed by atoms with Crippen LogP contribution in [0.1, 0.15) is 11.5 Å². The molecule has 9 nitrogen and oxygen atoms in total. The number of nitrogens with one attached hydrogen (secondary N) is 1. The maximum absolute atomic E-state index is 12.9. The molecule has 3 heterocycles. The molecule has 4 aromatic rings. The highest BCUT2D eigenvalue weighted by Gasteiger charge is 2.19. The number of aryl methyl sites for hydroxylation is 1. The minimum atomic E-state index is -0.292. The summed E-state index contributed by atoms with van der Waals surface area (Å²) in [5.74, 6) is 1.22. The van der Waals surface area contributed by atoms with E-state index >= 15 is 0 Å². The van der Waals surface area contributed by atoms with Gasteiger partial charge in [0.15, 0.2) is 11.0 Å². The molecule has 0 saturated carbocycles. The van der Waals surface area contributed by atoms with Gasteiger partial charge in [-0.1, -0.05) is 30.0 Å². The fourth-order valence-corrected chi connectivity index (χ4v) is 4.02. The molecule has 0 aliphatic carbocycles. The van der Waals surface area contributed by atoms with E-state index in [0.717, 1.165) is 17.0 Å². The van der Waals surface area contributed by atoms with Crippen molar-refractivity contribution in [2.75, 3.05) is 11.1 Å². The molecule has 0 aliphatic heterocycles. The number of furan rings is 1. The van der Waals surface area contributed by atoms with Crippen molar-refractivity contribution in [2.45, 2.75) is 19.0 Å². The first-order valence-electron chi connectivity index (χ1n) is 9.59. The van der Waals surface area contributed by atoms with Gasteiger partial charge in [-0.3, -0.25) is 14.3 Å². The summed E-state index contributed by atoms with van der Waals surface area (Å²) in [6.07, 6.45) is 1.60. The lowest BCUT2D eigenvalue weighted by Gasteiger charge is -2.07. The second kappa shape index (κ2) is 8.31. The summed E-state index contributed by atoms with van der Waals surface area (Å²) in [5.41, 5.74) is 2.25. The van der Waals surface area contributed by atoms with Crippen molar-refractivity contribution in [1.82, 2.24) is 24.1 Å². The number of amides is 1. The van der Waals surface area contributed by atoms with E-state index in [9.17, 15) is 9.59 Å². The zero-order valence-electron chi connectivity index (χ0n) is 17.6. The van der Waals surface area contributed by atoms with Crippen LogP contribution in [0.4, 0.5) is 5.69 Å². The van der Waals surface area contributed by atoms with E-state index in [1.807, 2.05) is 54.9 Å². The van der Waals surface area contributed by atoms with Crippen LogP contribution < -0.4 is 10.9 Å².